The van der Waals surface area contributed by atoms with Gasteiger partial charge in [-0.2, -0.15) is 5.26 Å². The number of carbonyl (C=O) groups is 1. The van der Waals surface area contributed by atoms with Crippen molar-refractivity contribution in [3.8, 4) is 28.8 Å². The minimum absolute atomic E-state index is 0.00733. The number of carbonyl (C=O) groups excluding carboxylic acids is 1. The number of benzene rings is 3. The Morgan fingerprint density at radius 1 is 1.24 bits per heavy atom. The summed E-state index contributed by atoms with van der Waals surface area (Å²) in [4.78, 5) is 20.9. The second-order valence-electron chi connectivity index (χ2n) is 13.7. The maximum absolute atomic E-state index is 17.5. The van der Waals surface area contributed by atoms with Gasteiger partial charge in [0.2, 0.25) is 5.88 Å². The summed E-state index contributed by atoms with van der Waals surface area (Å²) in [5.41, 5.74) is 2.54. The molecule has 4 aliphatic rings. The highest BCUT2D eigenvalue weighted by atomic mass is 19.1. The fraction of sp³-hybridized carbons (Fsp3) is 0.395. The fourth-order valence-corrected chi connectivity index (χ4v) is 8.35. The summed E-state index contributed by atoms with van der Waals surface area (Å²) in [6.45, 7) is 2.02. The molecule has 4 fully saturated rings. The molecule has 5 aromatic rings. The van der Waals surface area contributed by atoms with E-state index >= 15 is 4.39 Å². The number of likely N-dealkylation sites (tertiary alicyclic amines) is 1. The molecule has 3 saturated heterocycles. The lowest BCUT2D eigenvalue weighted by Gasteiger charge is -2.36. The first-order valence-electron chi connectivity index (χ1n) is 17.1. The number of aromatic hydroxyl groups is 1. The molecule has 0 radical (unpaired) electrons. The first kappa shape index (κ1) is 31.5. The molecule has 10 nitrogen and oxygen atoms in total. The number of phenols is 1. The minimum atomic E-state index is -0.570. The zero-order chi connectivity index (χ0) is 33.8. The number of hydrogen-bond donors (Lipinski definition) is 4. The highest BCUT2D eigenvalue weighted by Crippen LogP contribution is 2.49. The smallest absolute Gasteiger partial charge is 0.253 e. The van der Waals surface area contributed by atoms with Crippen LogP contribution in [0.3, 0.4) is 0 Å². The van der Waals surface area contributed by atoms with Crippen molar-refractivity contribution in [3.05, 3.63) is 65.6 Å². The van der Waals surface area contributed by atoms with E-state index in [1.165, 1.54) is 0 Å². The molecule has 4 N–H and O–H groups in total. The van der Waals surface area contributed by atoms with Gasteiger partial charge in [-0.1, -0.05) is 24.3 Å². The van der Waals surface area contributed by atoms with Gasteiger partial charge in [-0.15, -0.1) is 0 Å². The standard InChI is InChI=1S/C38H39FN6O4/c1-44-12-5-8-24(44)20-49-38-32-29(37(48)41-11-13-46)19-45(35-23-16-30(35)42-18-23)36(32)28-15-22(7-4-10-40)31(33(39)34(28)43-38)27-17-25(47)14-21-6-2-3-9-26(21)27/h2-3,6,9,14-15,17,19,23-24,30,35,42,46-47H,4-5,7-8,11-13,16,18,20H2,1H3,(H,41,48). The Balaban J connectivity index is 1.43. The monoisotopic (exact) mass is 662 g/mol. The van der Waals surface area contributed by atoms with E-state index in [1.54, 1.807) is 12.1 Å². The van der Waals surface area contributed by atoms with Crippen LogP contribution in [-0.4, -0.2) is 82.6 Å². The third kappa shape index (κ3) is 5.26. The van der Waals surface area contributed by atoms with E-state index in [0.29, 0.717) is 45.5 Å². The van der Waals surface area contributed by atoms with Gasteiger partial charge in [0.05, 0.1) is 35.2 Å². The Morgan fingerprint density at radius 2 is 2.10 bits per heavy atom. The van der Waals surface area contributed by atoms with Crippen molar-refractivity contribution in [2.24, 2.45) is 5.92 Å². The van der Waals surface area contributed by atoms with Crippen molar-refractivity contribution in [2.75, 3.05) is 39.9 Å². The second kappa shape index (κ2) is 12.6. The van der Waals surface area contributed by atoms with E-state index in [4.69, 9.17) is 9.72 Å². The number of nitrogens with zero attached hydrogens (tertiary/aromatic N) is 4. The van der Waals surface area contributed by atoms with E-state index in [0.717, 1.165) is 43.1 Å². The number of nitrogens with one attached hydrogen (secondary N) is 2. The van der Waals surface area contributed by atoms with E-state index < -0.39 is 5.82 Å². The van der Waals surface area contributed by atoms with Crippen molar-refractivity contribution < 1.29 is 24.1 Å². The number of nitriles is 1. The van der Waals surface area contributed by atoms with Crippen LogP contribution in [0.15, 0.2) is 48.7 Å². The highest BCUT2D eigenvalue weighted by Gasteiger charge is 2.48. The van der Waals surface area contributed by atoms with Crippen molar-refractivity contribution >= 4 is 38.5 Å². The number of aryl methyl sites for hydroxylation is 1. The lowest BCUT2D eigenvalue weighted by atomic mass is 9.80. The molecular weight excluding hydrogens is 623 g/mol. The zero-order valence-electron chi connectivity index (χ0n) is 27.4. The van der Waals surface area contributed by atoms with Crippen LogP contribution in [-0.2, 0) is 6.42 Å². The Hall–Kier alpha value is -4.76. The summed E-state index contributed by atoms with van der Waals surface area (Å²) in [7, 11) is 2.06. The molecule has 2 aromatic heterocycles. The number of ether oxygens (including phenoxy) is 1. The van der Waals surface area contributed by atoms with Crippen molar-refractivity contribution in [2.45, 2.75) is 50.2 Å². The first-order chi connectivity index (χ1) is 23.9. The van der Waals surface area contributed by atoms with Crippen molar-refractivity contribution in [1.29, 1.82) is 5.26 Å². The normalized spacial score (nSPS) is 21.8. The van der Waals surface area contributed by atoms with E-state index in [-0.39, 0.29) is 72.7 Å². The van der Waals surface area contributed by atoms with Crippen LogP contribution >= 0.6 is 0 Å². The summed E-state index contributed by atoms with van der Waals surface area (Å²) < 4.78 is 26.1. The SMILES string of the molecule is CN1CCCC1COc1nc2c(F)c(-c3cc(O)cc4ccccc34)c(CCC#N)cc2c2c1c(C(=O)NCCO)cn2C1C2CNC1C2. The van der Waals surface area contributed by atoms with Crippen LogP contribution in [0.25, 0.3) is 43.7 Å². The van der Waals surface area contributed by atoms with E-state index in [2.05, 4.69) is 33.2 Å². The molecule has 1 saturated carbocycles. The molecule has 5 heterocycles. The molecule has 9 rings (SSSR count). The maximum Gasteiger partial charge on any atom is 0.253 e. The van der Waals surface area contributed by atoms with Crippen LogP contribution in [0.2, 0.25) is 0 Å². The number of amides is 1. The fourth-order valence-electron chi connectivity index (χ4n) is 8.35. The van der Waals surface area contributed by atoms with Crippen molar-refractivity contribution in [3.63, 3.8) is 0 Å². The largest absolute Gasteiger partial charge is 0.508 e. The lowest BCUT2D eigenvalue weighted by Crippen LogP contribution is -2.38. The topological polar surface area (TPSA) is 136 Å². The average Bonchev–Trinajstić information content (AvgIpc) is 3.91. The van der Waals surface area contributed by atoms with Crippen LogP contribution in [0.1, 0.15) is 47.6 Å². The Morgan fingerprint density at radius 3 is 2.84 bits per heavy atom. The number of aliphatic hydroxyl groups excluding tert-OH is 1. The Kier molecular flexibility index (Phi) is 8.10. The lowest BCUT2D eigenvalue weighted by molar-refractivity contribution is 0.0945. The zero-order valence-corrected chi connectivity index (χ0v) is 27.4. The number of aliphatic hydroxyl groups is 1. The molecular formula is C38H39FN6O4. The van der Waals surface area contributed by atoms with Crippen LogP contribution in [0.4, 0.5) is 4.39 Å². The molecule has 11 heteroatoms. The maximum atomic E-state index is 17.5. The first-order valence-corrected chi connectivity index (χ1v) is 17.1. The summed E-state index contributed by atoms with van der Waals surface area (Å²) in [6.07, 6.45) is 5.31. The van der Waals surface area contributed by atoms with Gasteiger partial charge in [0, 0.05) is 48.7 Å². The minimum Gasteiger partial charge on any atom is -0.508 e. The van der Waals surface area contributed by atoms with Crippen LogP contribution in [0, 0.1) is 23.1 Å². The van der Waals surface area contributed by atoms with Crippen LogP contribution in [0.5, 0.6) is 11.6 Å². The van der Waals surface area contributed by atoms with Gasteiger partial charge < -0.3 is 35.1 Å². The molecule has 4 atom stereocenters. The van der Waals surface area contributed by atoms with Crippen molar-refractivity contribution in [1.82, 2.24) is 25.1 Å². The summed E-state index contributed by atoms with van der Waals surface area (Å²) >= 11 is 0. The third-order valence-electron chi connectivity index (χ3n) is 10.8. The number of hydrogen-bond acceptors (Lipinski definition) is 8. The molecule has 3 aliphatic heterocycles. The quantitative estimate of drug-likeness (QED) is 0.164. The molecule has 1 amide bonds. The summed E-state index contributed by atoms with van der Waals surface area (Å²) in [5.74, 6) is -0.387. The predicted molar refractivity (Wildman–Crippen MR) is 185 cm³/mol. The second-order valence-corrected chi connectivity index (χ2v) is 13.7. The third-order valence-corrected chi connectivity index (χ3v) is 10.8. The Labute approximate surface area is 283 Å². The van der Waals surface area contributed by atoms with Gasteiger partial charge in [0.25, 0.3) is 5.91 Å². The van der Waals surface area contributed by atoms with Gasteiger partial charge in [-0.25, -0.2) is 9.37 Å². The number of halogens is 1. The summed E-state index contributed by atoms with van der Waals surface area (Å²) in [6, 6.07) is 15.3. The number of pyridine rings is 1. The van der Waals surface area contributed by atoms with Gasteiger partial charge in [0.15, 0.2) is 5.82 Å². The van der Waals surface area contributed by atoms with E-state index in [9.17, 15) is 20.3 Å². The molecule has 0 spiro atoms. The molecule has 1 aliphatic carbocycles. The van der Waals surface area contributed by atoms with Gasteiger partial charge in [-0.05, 0) is 85.3 Å². The molecule has 252 valence electrons. The van der Waals surface area contributed by atoms with E-state index in [1.807, 2.05) is 36.5 Å². The molecule has 2 bridgehead atoms. The highest BCUT2D eigenvalue weighted by molar-refractivity contribution is 6.17. The number of likely N-dealkylation sites (N-methyl/N-ethyl adjacent to an activating group) is 1. The number of fused-ring (bicyclic) bond motifs is 5. The van der Waals surface area contributed by atoms with Crippen LogP contribution < -0.4 is 15.4 Å². The van der Waals surface area contributed by atoms with Gasteiger partial charge >= 0.3 is 0 Å². The summed E-state index contributed by atoms with van der Waals surface area (Å²) in [5, 5.41) is 38.8. The van der Waals surface area contributed by atoms with Gasteiger partial charge in [-0.3, -0.25) is 4.79 Å². The molecule has 3 aromatic carbocycles. The number of aromatic nitrogens is 2. The van der Waals surface area contributed by atoms with Gasteiger partial charge in [0.1, 0.15) is 17.9 Å². The predicted octanol–water partition coefficient (Wildman–Crippen LogP) is 5.04. The molecule has 4 unspecified atom stereocenters. The Bertz CT molecular complexity index is 2140. The number of rotatable bonds is 10. The number of phenolic OH excluding ortho intramolecular Hbond substituents is 1. The molecule has 49 heavy (non-hydrogen) atoms. The average molecular weight is 663 g/mol.